The lowest BCUT2D eigenvalue weighted by Gasteiger charge is -2.16. The summed E-state index contributed by atoms with van der Waals surface area (Å²) in [7, 11) is 0. The van der Waals surface area contributed by atoms with Crippen molar-refractivity contribution in [2.75, 3.05) is 0 Å². The Morgan fingerprint density at radius 3 is 2.70 bits per heavy atom. The number of amides is 1. The molecule has 2 aromatic rings. The smallest absolute Gasteiger partial charge is 0.257 e. The Labute approximate surface area is 118 Å². The number of rotatable bonds is 3. The molecule has 0 saturated carbocycles. The molecular weight excluding hydrogens is 254 g/mol. The monoisotopic (exact) mass is 273 g/mol. The summed E-state index contributed by atoms with van der Waals surface area (Å²) in [5, 5.41) is 6.86. The van der Waals surface area contributed by atoms with E-state index >= 15 is 0 Å². The SMILES string of the molecule is Cc1onc(C(C)(C)C)c1C(=O)NCc1ccccn1. The second-order valence-electron chi connectivity index (χ2n) is 5.72. The van der Waals surface area contributed by atoms with Gasteiger partial charge in [0.2, 0.25) is 0 Å². The van der Waals surface area contributed by atoms with E-state index < -0.39 is 0 Å². The highest BCUT2D eigenvalue weighted by Gasteiger charge is 2.28. The van der Waals surface area contributed by atoms with Crippen LogP contribution in [-0.2, 0) is 12.0 Å². The van der Waals surface area contributed by atoms with Crippen molar-refractivity contribution in [2.45, 2.75) is 39.7 Å². The summed E-state index contributed by atoms with van der Waals surface area (Å²) in [6, 6.07) is 5.60. The van der Waals surface area contributed by atoms with Crippen molar-refractivity contribution in [3.05, 3.63) is 47.1 Å². The van der Waals surface area contributed by atoms with E-state index in [4.69, 9.17) is 4.52 Å². The third-order valence-electron chi connectivity index (χ3n) is 2.96. The Morgan fingerprint density at radius 1 is 1.35 bits per heavy atom. The normalized spacial score (nSPS) is 11.4. The van der Waals surface area contributed by atoms with E-state index in [-0.39, 0.29) is 11.3 Å². The minimum Gasteiger partial charge on any atom is -0.361 e. The van der Waals surface area contributed by atoms with E-state index in [1.807, 2.05) is 39.0 Å². The van der Waals surface area contributed by atoms with Gasteiger partial charge in [-0.3, -0.25) is 9.78 Å². The molecule has 20 heavy (non-hydrogen) atoms. The van der Waals surface area contributed by atoms with Crippen LogP contribution in [0.2, 0.25) is 0 Å². The molecule has 0 atom stereocenters. The summed E-state index contributed by atoms with van der Waals surface area (Å²) in [5.41, 5.74) is 1.77. The molecule has 5 heteroatoms. The average Bonchev–Trinajstić information content (AvgIpc) is 2.79. The second-order valence-corrected chi connectivity index (χ2v) is 5.72. The van der Waals surface area contributed by atoms with Crippen LogP contribution >= 0.6 is 0 Å². The lowest BCUT2D eigenvalue weighted by atomic mass is 9.88. The number of carbonyl (C=O) groups excluding carboxylic acids is 1. The van der Waals surface area contributed by atoms with E-state index in [2.05, 4.69) is 15.5 Å². The van der Waals surface area contributed by atoms with Crippen LogP contribution in [0.4, 0.5) is 0 Å². The number of aromatic nitrogens is 2. The number of carbonyl (C=O) groups is 1. The zero-order valence-corrected chi connectivity index (χ0v) is 12.2. The summed E-state index contributed by atoms with van der Waals surface area (Å²) < 4.78 is 5.17. The molecule has 106 valence electrons. The highest BCUT2D eigenvalue weighted by atomic mass is 16.5. The van der Waals surface area contributed by atoms with Crippen LogP contribution in [0.25, 0.3) is 0 Å². The van der Waals surface area contributed by atoms with Gasteiger partial charge in [-0.1, -0.05) is 32.0 Å². The van der Waals surface area contributed by atoms with E-state index in [9.17, 15) is 4.79 Å². The summed E-state index contributed by atoms with van der Waals surface area (Å²) >= 11 is 0. The van der Waals surface area contributed by atoms with Gasteiger partial charge in [-0.2, -0.15) is 0 Å². The van der Waals surface area contributed by atoms with Crippen molar-refractivity contribution in [3.63, 3.8) is 0 Å². The molecule has 0 unspecified atom stereocenters. The molecule has 1 N–H and O–H groups in total. The Hall–Kier alpha value is -2.17. The van der Waals surface area contributed by atoms with Crippen LogP contribution < -0.4 is 5.32 Å². The standard InChI is InChI=1S/C15H19N3O2/c1-10-12(13(18-20-10)15(2,3)4)14(19)17-9-11-7-5-6-8-16-11/h5-8H,9H2,1-4H3,(H,17,19). The van der Waals surface area contributed by atoms with Gasteiger partial charge in [0.1, 0.15) is 17.0 Å². The van der Waals surface area contributed by atoms with Crippen LogP contribution in [0.1, 0.15) is 48.3 Å². The van der Waals surface area contributed by atoms with Crippen molar-refractivity contribution in [1.29, 1.82) is 0 Å². The van der Waals surface area contributed by atoms with E-state index in [1.54, 1.807) is 13.1 Å². The van der Waals surface area contributed by atoms with Crippen molar-refractivity contribution >= 4 is 5.91 Å². The summed E-state index contributed by atoms with van der Waals surface area (Å²) in [5.74, 6) is 0.354. The molecule has 0 radical (unpaired) electrons. The fourth-order valence-electron chi connectivity index (χ4n) is 1.91. The van der Waals surface area contributed by atoms with Crippen molar-refractivity contribution in [1.82, 2.24) is 15.5 Å². The van der Waals surface area contributed by atoms with E-state index in [0.29, 0.717) is 23.6 Å². The third kappa shape index (κ3) is 3.04. The van der Waals surface area contributed by atoms with Gasteiger partial charge in [0.05, 0.1) is 12.2 Å². The average molecular weight is 273 g/mol. The number of hydrogen-bond donors (Lipinski definition) is 1. The van der Waals surface area contributed by atoms with Crippen molar-refractivity contribution in [2.24, 2.45) is 0 Å². The molecule has 2 rings (SSSR count). The topological polar surface area (TPSA) is 68.0 Å². The predicted octanol–water partition coefficient (Wildman–Crippen LogP) is 2.61. The number of pyridine rings is 1. The maximum absolute atomic E-state index is 12.3. The fourth-order valence-corrected chi connectivity index (χ4v) is 1.91. The maximum Gasteiger partial charge on any atom is 0.257 e. The van der Waals surface area contributed by atoms with Gasteiger partial charge < -0.3 is 9.84 Å². The molecule has 0 spiro atoms. The van der Waals surface area contributed by atoms with Gasteiger partial charge in [-0.15, -0.1) is 0 Å². The Bertz CT molecular complexity index is 597. The second kappa shape index (κ2) is 5.45. The van der Waals surface area contributed by atoms with Crippen LogP contribution in [0, 0.1) is 6.92 Å². The molecule has 2 heterocycles. The van der Waals surface area contributed by atoms with Gasteiger partial charge in [0.25, 0.3) is 5.91 Å². The number of nitrogens with zero attached hydrogens (tertiary/aromatic N) is 2. The predicted molar refractivity (Wildman–Crippen MR) is 75.3 cm³/mol. The van der Waals surface area contributed by atoms with Crippen LogP contribution in [0.3, 0.4) is 0 Å². The van der Waals surface area contributed by atoms with Gasteiger partial charge >= 0.3 is 0 Å². The highest BCUT2D eigenvalue weighted by Crippen LogP contribution is 2.26. The molecule has 0 fully saturated rings. The maximum atomic E-state index is 12.3. The van der Waals surface area contributed by atoms with Crippen LogP contribution in [0.5, 0.6) is 0 Å². The molecule has 2 aromatic heterocycles. The van der Waals surface area contributed by atoms with Gasteiger partial charge in [-0.25, -0.2) is 0 Å². The quantitative estimate of drug-likeness (QED) is 0.933. The van der Waals surface area contributed by atoms with Crippen LogP contribution in [0.15, 0.2) is 28.9 Å². The summed E-state index contributed by atoms with van der Waals surface area (Å²) in [6.07, 6.45) is 1.70. The minimum atomic E-state index is -0.241. The number of hydrogen-bond acceptors (Lipinski definition) is 4. The summed E-state index contributed by atoms with van der Waals surface area (Å²) in [4.78, 5) is 16.5. The molecule has 5 nitrogen and oxygen atoms in total. The van der Waals surface area contributed by atoms with Crippen LogP contribution in [-0.4, -0.2) is 16.0 Å². The lowest BCUT2D eigenvalue weighted by Crippen LogP contribution is -2.27. The van der Waals surface area contributed by atoms with E-state index in [0.717, 1.165) is 5.69 Å². The number of aryl methyl sites for hydroxylation is 1. The summed E-state index contributed by atoms with van der Waals surface area (Å²) in [6.45, 7) is 8.13. The molecule has 0 aromatic carbocycles. The zero-order valence-electron chi connectivity index (χ0n) is 12.2. The molecule has 1 amide bonds. The first-order chi connectivity index (χ1) is 9.39. The van der Waals surface area contributed by atoms with Crippen molar-refractivity contribution < 1.29 is 9.32 Å². The molecule has 0 aliphatic heterocycles. The fraction of sp³-hybridized carbons (Fsp3) is 0.400. The molecule has 0 saturated heterocycles. The number of nitrogens with one attached hydrogen (secondary N) is 1. The van der Waals surface area contributed by atoms with Crippen molar-refractivity contribution in [3.8, 4) is 0 Å². The lowest BCUT2D eigenvalue weighted by molar-refractivity contribution is 0.0947. The van der Waals surface area contributed by atoms with E-state index in [1.165, 1.54) is 0 Å². The first-order valence-corrected chi connectivity index (χ1v) is 6.54. The minimum absolute atomic E-state index is 0.181. The molecule has 0 bridgehead atoms. The first kappa shape index (κ1) is 14.2. The Morgan fingerprint density at radius 2 is 2.10 bits per heavy atom. The Balaban J connectivity index is 2.16. The van der Waals surface area contributed by atoms with Gasteiger partial charge in [0, 0.05) is 11.6 Å². The third-order valence-corrected chi connectivity index (χ3v) is 2.96. The van der Waals surface area contributed by atoms with Gasteiger partial charge in [-0.05, 0) is 19.1 Å². The Kier molecular flexibility index (Phi) is 3.88. The van der Waals surface area contributed by atoms with Gasteiger partial charge in [0.15, 0.2) is 0 Å². The molecule has 0 aliphatic carbocycles. The largest absolute Gasteiger partial charge is 0.361 e. The first-order valence-electron chi connectivity index (χ1n) is 6.54. The molecule has 0 aliphatic rings. The molecular formula is C15H19N3O2. The zero-order chi connectivity index (χ0) is 14.8. The highest BCUT2D eigenvalue weighted by molar-refractivity contribution is 5.96.